The lowest BCUT2D eigenvalue weighted by atomic mass is 10.0. The number of sulfonamides is 1. The Bertz CT molecular complexity index is 908. The van der Waals surface area contributed by atoms with Crippen molar-refractivity contribution in [3.05, 3.63) is 65.5 Å². The molecule has 0 aromatic heterocycles. The number of Topliss-reactive ketones (excluding diaryl/α,β-unsaturated/α-hetero) is 1. The van der Waals surface area contributed by atoms with Crippen molar-refractivity contribution in [1.82, 2.24) is 4.72 Å². The van der Waals surface area contributed by atoms with E-state index in [4.69, 9.17) is 4.74 Å². The van der Waals surface area contributed by atoms with Crippen molar-refractivity contribution in [2.24, 2.45) is 0 Å². The first-order valence-corrected chi connectivity index (χ1v) is 9.75. The number of ether oxygens (including phenoxy) is 1. The fourth-order valence-electron chi connectivity index (χ4n) is 2.33. The van der Waals surface area contributed by atoms with Gasteiger partial charge in [-0.25, -0.2) is 12.8 Å². The molecule has 2 aromatic rings. The van der Waals surface area contributed by atoms with Crippen molar-refractivity contribution in [2.75, 3.05) is 6.61 Å². The van der Waals surface area contributed by atoms with E-state index < -0.39 is 40.1 Å². The zero-order valence-corrected chi connectivity index (χ0v) is 15.8. The number of aryl methyl sites for hydroxylation is 1. The zero-order valence-electron chi connectivity index (χ0n) is 14.9. The molecule has 27 heavy (non-hydrogen) atoms. The van der Waals surface area contributed by atoms with Crippen molar-refractivity contribution in [3.8, 4) is 0 Å². The van der Waals surface area contributed by atoms with E-state index in [9.17, 15) is 22.4 Å². The highest BCUT2D eigenvalue weighted by molar-refractivity contribution is 7.89. The Kier molecular flexibility index (Phi) is 6.81. The van der Waals surface area contributed by atoms with Crippen molar-refractivity contribution < 1.29 is 27.1 Å². The first-order valence-electron chi connectivity index (χ1n) is 8.27. The van der Waals surface area contributed by atoms with Gasteiger partial charge < -0.3 is 4.74 Å². The minimum absolute atomic E-state index is 0.0309. The molecule has 0 saturated heterocycles. The number of halogens is 1. The molecule has 0 heterocycles. The van der Waals surface area contributed by atoms with Gasteiger partial charge in [0.05, 0.1) is 11.5 Å². The van der Waals surface area contributed by atoms with Crippen LogP contribution >= 0.6 is 0 Å². The fraction of sp³-hybridized carbons (Fsp3) is 0.263. The smallest absolute Gasteiger partial charge is 0.324 e. The maximum Gasteiger partial charge on any atom is 0.324 e. The summed E-state index contributed by atoms with van der Waals surface area (Å²) in [5.41, 5.74) is 1.04. The topological polar surface area (TPSA) is 89.5 Å². The highest BCUT2D eigenvalue weighted by Crippen LogP contribution is 2.14. The first kappa shape index (κ1) is 20.7. The lowest BCUT2D eigenvalue weighted by Crippen LogP contribution is -2.43. The summed E-state index contributed by atoms with van der Waals surface area (Å²) >= 11 is 0. The van der Waals surface area contributed by atoms with Crippen molar-refractivity contribution in [3.63, 3.8) is 0 Å². The highest BCUT2D eigenvalue weighted by atomic mass is 32.2. The summed E-state index contributed by atoms with van der Waals surface area (Å²) in [6.07, 6.45) is -0.449. The third-order valence-electron chi connectivity index (χ3n) is 3.76. The Hall–Kier alpha value is -2.58. The van der Waals surface area contributed by atoms with Crippen LogP contribution in [0.3, 0.4) is 0 Å². The molecule has 8 heteroatoms. The molecule has 1 N–H and O–H groups in total. The summed E-state index contributed by atoms with van der Waals surface area (Å²) in [6.45, 7) is 3.42. The number of carbonyl (C=O) groups excluding carboxylic acids is 2. The number of hydrogen-bond donors (Lipinski definition) is 1. The number of esters is 1. The van der Waals surface area contributed by atoms with Gasteiger partial charge in [0.15, 0.2) is 5.78 Å². The molecule has 0 radical (unpaired) electrons. The van der Waals surface area contributed by atoms with Crippen LogP contribution in [0.25, 0.3) is 0 Å². The van der Waals surface area contributed by atoms with Gasteiger partial charge in [0, 0.05) is 12.0 Å². The van der Waals surface area contributed by atoms with Gasteiger partial charge in [-0.2, -0.15) is 4.72 Å². The normalized spacial score (nSPS) is 12.4. The molecule has 0 fully saturated rings. The van der Waals surface area contributed by atoms with Crippen LogP contribution in [0.1, 0.15) is 29.3 Å². The SMILES string of the molecule is CCOC(=O)[C@H](CC(=O)c1ccc(F)cc1)NS(=O)(=O)c1ccc(C)cc1. The zero-order chi connectivity index (χ0) is 20.0. The molecule has 0 unspecified atom stereocenters. The Morgan fingerprint density at radius 2 is 1.67 bits per heavy atom. The second kappa shape index (κ2) is 8.88. The van der Waals surface area contributed by atoms with Crippen LogP contribution in [0.2, 0.25) is 0 Å². The van der Waals surface area contributed by atoms with Crippen LogP contribution in [-0.4, -0.2) is 32.8 Å². The van der Waals surface area contributed by atoms with E-state index in [1.54, 1.807) is 19.1 Å². The van der Waals surface area contributed by atoms with Crippen molar-refractivity contribution in [2.45, 2.75) is 31.2 Å². The Morgan fingerprint density at radius 1 is 1.07 bits per heavy atom. The number of ketones is 1. The fourth-order valence-corrected chi connectivity index (χ4v) is 3.51. The van der Waals surface area contributed by atoms with Gasteiger partial charge in [0.25, 0.3) is 0 Å². The molecule has 6 nitrogen and oxygen atoms in total. The lowest BCUT2D eigenvalue weighted by molar-refractivity contribution is -0.145. The van der Waals surface area contributed by atoms with E-state index >= 15 is 0 Å². The van der Waals surface area contributed by atoms with Crippen LogP contribution < -0.4 is 4.72 Å². The molecule has 144 valence electrons. The van der Waals surface area contributed by atoms with Crippen molar-refractivity contribution in [1.29, 1.82) is 0 Å². The maximum absolute atomic E-state index is 13.0. The summed E-state index contributed by atoms with van der Waals surface area (Å²) < 4.78 is 45.2. The number of nitrogens with one attached hydrogen (secondary N) is 1. The van der Waals surface area contributed by atoms with Crippen LogP contribution in [0.5, 0.6) is 0 Å². The molecule has 0 aliphatic carbocycles. The van der Waals surface area contributed by atoms with Crippen LogP contribution in [-0.2, 0) is 19.6 Å². The van der Waals surface area contributed by atoms with Crippen LogP contribution in [0.4, 0.5) is 4.39 Å². The van der Waals surface area contributed by atoms with Gasteiger partial charge in [-0.05, 0) is 50.2 Å². The maximum atomic E-state index is 13.0. The van der Waals surface area contributed by atoms with E-state index in [2.05, 4.69) is 4.72 Å². The minimum Gasteiger partial charge on any atom is -0.465 e. The summed E-state index contributed by atoms with van der Waals surface area (Å²) in [5.74, 6) is -1.88. The first-order chi connectivity index (χ1) is 12.7. The molecule has 0 aliphatic heterocycles. The summed E-state index contributed by atoms with van der Waals surface area (Å²) in [5, 5.41) is 0. The van der Waals surface area contributed by atoms with E-state index in [0.29, 0.717) is 0 Å². The summed E-state index contributed by atoms with van der Waals surface area (Å²) in [6, 6.07) is 9.43. The highest BCUT2D eigenvalue weighted by Gasteiger charge is 2.29. The van der Waals surface area contributed by atoms with Gasteiger partial charge >= 0.3 is 5.97 Å². The van der Waals surface area contributed by atoms with E-state index in [1.165, 1.54) is 24.3 Å². The van der Waals surface area contributed by atoms with Crippen LogP contribution in [0.15, 0.2) is 53.4 Å². The lowest BCUT2D eigenvalue weighted by Gasteiger charge is -2.17. The molecular formula is C19H20FNO5S. The third-order valence-corrected chi connectivity index (χ3v) is 5.24. The standard InChI is InChI=1S/C19H20FNO5S/c1-3-26-19(23)17(12-18(22)14-6-8-15(20)9-7-14)21-27(24,25)16-10-4-13(2)5-11-16/h4-11,17,21H,3,12H2,1-2H3/t17-/m0/s1. The van der Waals surface area contributed by atoms with Crippen LogP contribution in [0, 0.1) is 12.7 Å². The molecule has 2 aromatic carbocycles. The summed E-state index contributed by atoms with van der Waals surface area (Å²) in [7, 11) is -4.04. The minimum atomic E-state index is -4.04. The molecule has 0 amide bonds. The average Bonchev–Trinajstić information content (AvgIpc) is 2.62. The summed E-state index contributed by atoms with van der Waals surface area (Å²) in [4.78, 5) is 24.5. The molecule has 1 atom stereocenters. The monoisotopic (exact) mass is 393 g/mol. The predicted molar refractivity (Wildman–Crippen MR) is 97.3 cm³/mol. The largest absolute Gasteiger partial charge is 0.465 e. The number of carbonyl (C=O) groups is 2. The number of rotatable bonds is 8. The third kappa shape index (κ3) is 5.70. The molecule has 2 rings (SSSR count). The Labute approximate surface area is 157 Å². The van der Waals surface area contributed by atoms with Gasteiger partial charge in [0.2, 0.25) is 10.0 Å². The molecule has 0 aliphatic rings. The number of hydrogen-bond acceptors (Lipinski definition) is 5. The molecule has 0 saturated carbocycles. The molecule has 0 bridgehead atoms. The van der Waals surface area contributed by atoms with Gasteiger partial charge in [-0.15, -0.1) is 0 Å². The van der Waals surface area contributed by atoms with E-state index in [0.717, 1.165) is 17.7 Å². The van der Waals surface area contributed by atoms with Gasteiger partial charge in [-0.1, -0.05) is 17.7 Å². The van der Waals surface area contributed by atoms with Gasteiger partial charge in [-0.3, -0.25) is 9.59 Å². The quantitative estimate of drug-likeness (QED) is 0.550. The number of benzene rings is 2. The molecular weight excluding hydrogens is 373 g/mol. The van der Waals surface area contributed by atoms with Crippen molar-refractivity contribution >= 4 is 21.8 Å². The molecule has 0 spiro atoms. The Morgan fingerprint density at radius 3 is 2.22 bits per heavy atom. The second-order valence-electron chi connectivity index (χ2n) is 5.87. The van der Waals surface area contributed by atoms with E-state index in [-0.39, 0.29) is 17.1 Å². The second-order valence-corrected chi connectivity index (χ2v) is 7.59. The van der Waals surface area contributed by atoms with E-state index in [1.807, 2.05) is 6.92 Å². The average molecular weight is 393 g/mol. The van der Waals surface area contributed by atoms with Gasteiger partial charge in [0.1, 0.15) is 11.9 Å². The Balaban J connectivity index is 2.23. The predicted octanol–water partition coefficient (Wildman–Crippen LogP) is 2.62.